The number of piperazine rings is 1. The summed E-state index contributed by atoms with van der Waals surface area (Å²) in [6.07, 6.45) is 5.96. The normalized spacial score (nSPS) is 27.8. The fourth-order valence-corrected chi connectivity index (χ4v) is 4.48. The molecule has 1 aromatic rings. The smallest absolute Gasteiger partial charge is 0.239 e. The molecule has 1 N–H and O–H groups in total. The quantitative estimate of drug-likeness (QED) is 0.891. The molecule has 0 radical (unpaired) electrons. The lowest BCUT2D eigenvalue weighted by Crippen LogP contribution is -2.54. The van der Waals surface area contributed by atoms with Crippen LogP contribution in [0, 0.1) is 5.82 Å². The van der Waals surface area contributed by atoms with Crippen molar-refractivity contribution in [3.63, 3.8) is 0 Å². The fourth-order valence-electron chi connectivity index (χ4n) is 4.48. The molecule has 0 bridgehead atoms. The number of carbonyl (C=O) groups is 1. The number of rotatable bonds is 4. The van der Waals surface area contributed by atoms with Gasteiger partial charge in [0.25, 0.3) is 0 Å². The van der Waals surface area contributed by atoms with Crippen LogP contribution < -0.4 is 10.1 Å². The summed E-state index contributed by atoms with van der Waals surface area (Å²) < 4.78 is 18.9. The van der Waals surface area contributed by atoms with E-state index in [0.717, 1.165) is 32.2 Å². The first-order chi connectivity index (χ1) is 12.7. The predicted molar refractivity (Wildman–Crippen MR) is 97.6 cm³/mol. The molecular formula is C20H28FN3O2. The van der Waals surface area contributed by atoms with Crippen LogP contribution in [0.2, 0.25) is 0 Å². The third-order valence-electron chi connectivity index (χ3n) is 5.97. The van der Waals surface area contributed by atoms with E-state index >= 15 is 0 Å². The topological polar surface area (TPSA) is 44.8 Å². The maximum Gasteiger partial charge on any atom is 0.239 e. The first kappa shape index (κ1) is 17.7. The summed E-state index contributed by atoms with van der Waals surface area (Å²) in [4.78, 5) is 17.4. The van der Waals surface area contributed by atoms with Crippen LogP contribution in [0.15, 0.2) is 24.3 Å². The Kier molecular flexibility index (Phi) is 5.41. The van der Waals surface area contributed by atoms with Crippen molar-refractivity contribution >= 4 is 5.91 Å². The fraction of sp³-hybridized carbons (Fsp3) is 0.650. The first-order valence-electron chi connectivity index (χ1n) is 9.87. The highest BCUT2D eigenvalue weighted by molar-refractivity contribution is 5.82. The molecule has 1 saturated carbocycles. The summed E-state index contributed by atoms with van der Waals surface area (Å²) in [5.41, 5.74) is 0. The molecule has 3 aliphatic rings. The molecule has 2 saturated heterocycles. The van der Waals surface area contributed by atoms with Gasteiger partial charge < -0.3 is 15.0 Å². The van der Waals surface area contributed by atoms with Crippen LogP contribution in [-0.4, -0.2) is 66.6 Å². The second-order valence-corrected chi connectivity index (χ2v) is 7.69. The average Bonchev–Trinajstić information content (AvgIpc) is 3.35. The Hall–Kier alpha value is -1.66. The molecule has 26 heavy (non-hydrogen) atoms. The van der Waals surface area contributed by atoms with Crippen LogP contribution in [-0.2, 0) is 4.79 Å². The van der Waals surface area contributed by atoms with Gasteiger partial charge in [0.1, 0.15) is 17.7 Å². The van der Waals surface area contributed by atoms with Crippen LogP contribution in [0.1, 0.15) is 32.1 Å². The van der Waals surface area contributed by atoms with Crippen LogP contribution in [0.5, 0.6) is 5.75 Å². The van der Waals surface area contributed by atoms with Gasteiger partial charge in [-0.15, -0.1) is 0 Å². The number of nitrogens with zero attached hydrogens (tertiary/aromatic N) is 2. The largest absolute Gasteiger partial charge is 0.489 e. The van der Waals surface area contributed by atoms with Crippen molar-refractivity contribution in [3.05, 3.63) is 30.1 Å². The Bertz CT molecular complexity index is 610. The lowest BCUT2D eigenvalue weighted by Gasteiger charge is -2.38. The summed E-state index contributed by atoms with van der Waals surface area (Å²) in [6.45, 7) is 4.31. The molecule has 3 fully saturated rings. The summed E-state index contributed by atoms with van der Waals surface area (Å²) in [6, 6.07) is 6.62. The molecule has 2 aliphatic heterocycles. The minimum absolute atomic E-state index is 0.0470. The number of carbonyl (C=O) groups excluding carboxylic acids is 1. The van der Waals surface area contributed by atoms with E-state index in [1.165, 1.54) is 37.8 Å². The van der Waals surface area contributed by atoms with E-state index in [1.807, 2.05) is 4.90 Å². The first-order valence-corrected chi connectivity index (χ1v) is 9.87. The predicted octanol–water partition coefficient (Wildman–Crippen LogP) is 2.02. The molecule has 2 unspecified atom stereocenters. The SMILES string of the molecule is O=C(C1CC(Oc2ccc(F)cc2)CN1)N1CCN(C2CCCC2)CC1. The van der Waals surface area contributed by atoms with Crippen molar-refractivity contribution in [3.8, 4) is 5.75 Å². The highest BCUT2D eigenvalue weighted by Crippen LogP contribution is 2.25. The van der Waals surface area contributed by atoms with Crippen LogP contribution in [0.4, 0.5) is 4.39 Å². The van der Waals surface area contributed by atoms with Gasteiger partial charge in [-0.2, -0.15) is 0 Å². The number of hydrogen-bond donors (Lipinski definition) is 1. The van der Waals surface area contributed by atoms with Crippen LogP contribution in [0.3, 0.4) is 0 Å². The minimum Gasteiger partial charge on any atom is -0.489 e. The van der Waals surface area contributed by atoms with Gasteiger partial charge in [0.2, 0.25) is 5.91 Å². The zero-order chi connectivity index (χ0) is 17.9. The van der Waals surface area contributed by atoms with E-state index in [-0.39, 0.29) is 23.9 Å². The second-order valence-electron chi connectivity index (χ2n) is 7.69. The lowest BCUT2D eigenvalue weighted by molar-refractivity contribution is -0.135. The zero-order valence-electron chi connectivity index (χ0n) is 15.2. The molecule has 142 valence electrons. The number of hydrogen-bond acceptors (Lipinski definition) is 4. The molecule has 5 nitrogen and oxygen atoms in total. The number of amides is 1. The van der Waals surface area contributed by atoms with Gasteiger partial charge in [0.05, 0.1) is 6.04 Å². The molecule has 0 aromatic heterocycles. The van der Waals surface area contributed by atoms with Gasteiger partial charge in [0.15, 0.2) is 0 Å². The summed E-state index contributed by atoms with van der Waals surface area (Å²) in [5.74, 6) is 0.574. The zero-order valence-corrected chi connectivity index (χ0v) is 15.2. The molecule has 6 heteroatoms. The van der Waals surface area contributed by atoms with E-state index in [9.17, 15) is 9.18 Å². The maximum atomic E-state index is 13.0. The molecule has 2 heterocycles. The molecular weight excluding hydrogens is 333 g/mol. The Morgan fingerprint density at radius 2 is 1.77 bits per heavy atom. The molecule has 1 amide bonds. The highest BCUT2D eigenvalue weighted by Gasteiger charge is 2.35. The monoisotopic (exact) mass is 361 g/mol. The summed E-state index contributed by atoms with van der Waals surface area (Å²) >= 11 is 0. The third kappa shape index (κ3) is 4.01. The van der Waals surface area contributed by atoms with Crippen molar-refractivity contribution in [1.82, 2.24) is 15.1 Å². The third-order valence-corrected chi connectivity index (χ3v) is 5.97. The van der Waals surface area contributed by atoms with Gasteiger partial charge in [-0.05, 0) is 37.1 Å². The van der Waals surface area contributed by atoms with Crippen LogP contribution >= 0.6 is 0 Å². The Balaban J connectivity index is 1.24. The molecule has 1 aliphatic carbocycles. The Labute approximate surface area is 154 Å². The van der Waals surface area contributed by atoms with Crippen LogP contribution in [0.25, 0.3) is 0 Å². The summed E-state index contributed by atoms with van der Waals surface area (Å²) in [7, 11) is 0. The molecule has 1 aromatic carbocycles. The van der Waals surface area contributed by atoms with Crippen molar-refractivity contribution < 1.29 is 13.9 Å². The highest BCUT2D eigenvalue weighted by atomic mass is 19.1. The average molecular weight is 361 g/mol. The van der Waals surface area contributed by atoms with Crippen molar-refractivity contribution in [2.24, 2.45) is 0 Å². The molecule has 0 spiro atoms. The maximum absolute atomic E-state index is 13.0. The summed E-state index contributed by atoms with van der Waals surface area (Å²) in [5, 5.41) is 3.30. The number of nitrogens with one attached hydrogen (secondary N) is 1. The van der Waals surface area contributed by atoms with Crippen molar-refractivity contribution in [1.29, 1.82) is 0 Å². The van der Waals surface area contributed by atoms with E-state index in [2.05, 4.69) is 10.2 Å². The van der Waals surface area contributed by atoms with Gasteiger partial charge >= 0.3 is 0 Å². The van der Waals surface area contributed by atoms with E-state index < -0.39 is 0 Å². The number of ether oxygens (including phenoxy) is 1. The van der Waals surface area contributed by atoms with Gasteiger partial charge in [0, 0.05) is 45.2 Å². The molecule has 2 atom stereocenters. The van der Waals surface area contributed by atoms with E-state index in [1.54, 1.807) is 12.1 Å². The standard InChI is InChI=1S/C20H28FN3O2/c21-15-5-7-17(8-6-15)26-18-13-19(22-14-18)20(25)24-11-9-23(10-12-24)16-3-1-2-4-16/h5-8,16,18-19,22H,1-4,9-14H2. The van der Waals surface area contributed by atoms with Gasteiger partial charge in [-0.1, -0.05) is 12.8 Å². The van der Waals surface area contributed by atoms with Gasteiger partial charge in [-0.25, -0.2) is 4.39 Å². The lowest BCUT2D eigenvalue weighted by atomic mass is 10.1. The second kappa shape index (κ2) is 7.92. The Morgan fingerprint density at radius 1 is 1.08 bits per heavy atom. The number of benzene rings is 1. The van der Waals surface area contributed by atoms with Crippen molar-refractivity contribution in [2.45, 2.75) is 50.3 Å². The minimum atomic E-state index is -0.272. The van der Waals surface area contributed by atoms with Gasteiger partial charge in [-0.3, -0.25) is 9.69 Å². The van der Waals surface area contributed by atoms with E-state index in [0.29, 0.717) is 18.7 Å². The van der Waals surface area contributed by atoms with E-state index in [4.69, 9.17) is 4.74 Å². The Morgan fingerprint density at radius 3 is 2.46 bits per heavy atom. The van der Waals surface area contributed by atoms with Crippen molar-refractivity contribution in [2.75, 3.05) is 32.7 Å². The molecule has 4 rings (SSSR count). The number of halogens is 1.